The van der Waals surface area contributed by atoms with Crippen LogP contribution < -0.4 is 10.6 Å². The maximum absolute atomic E-state index is 8.58. The summed E-state index contributed by atoms with van der Waals surface area (Å²) < 4.78 is 16.2. The van der Waals surface area contributed by atoms with Gasteiger partial charge in [0, 0.05) is 12.2 Å². The maximum atomic E-state index is 8.58. The molecule has 0 saturated heterocycles. The van der Waals surface area contributed by atoms with Crippen molar-refractivity contribution in [2.45, 2.75) is 31.8 Å². The van der Waals surface area contributed by atoms with Gasteiger partial charge >= 0.3 is 0 Å². The quantitative estimate of drug-likeness (QED) is 0.588. The first-order valence-corrected chi connectivity index (χ1v) is 9.02. The molecule has 0 fully saturated rings. The van der Waals surface area contributed by atoms with Gasteiger partial charge in [0.1, 0.15) is 0 Å². The maximum Gasteiger partial charge on any atom is 0.0780 e. The Kier molecular flexibility index (Phi) is 8.12. The van der Waals surface area contributed by atoms with Crippen LogP contribution in [0.2, 0.25) is 0 Å². The van der Waals surface area contributed by atoms with Crippen LogP contribution in [0, 0.1) is 0 Å². The predicted octanol–water partition coefficient (Wildman–Crippen LogP) is 1.50. The molecular weight excluding hydrogens is 320 g/mol. The fourth-order valence-corrected chi connectivity index (χ4v) is 3.27. The van der Waals surface area contributed by atoms with E-state index in [0.717, 1.165) is 13.0 Å². The van der Waals surface area contributed by atoms with Crippen molar-refractivity contribution in [1.82, 2.24) is 0 Å². The number of aliphatic hydroxyl groups excluding tert-OH is 1. The molecule has 2 rings (SSSR count). The van der Waals surface area contributed by atoms with E-state index in [0.29, 0.717) is 39.6 Å². The van der Waals surface area contributed by atoms with Gasteiger partial charge in [-0.25, -0.2) is 0 Å². The van der Waals surface area contributed by atoms with Crippen LogP contribution >= 0.6 is 0 Å². The summed E-state index contributed by atoms with van der Waals surface area (Å²) in [7, 11) is 0. The summed E-state index contributed by atoms with van der Waals surface area (Å²) in [4.78, 5) is 2.24. The Morgan fingerprint density at radius 2 is 1.64 bits per heavy atom. The average Bonchev–Trinajstić information content (AvgIpc) is 2.58. The molecule has 0 saturated carbocycles. The summed E-state index contributed by atoms with van der Waals surface area (Å²) >= 11 is 0. The highest BCUT2D eigenvalue weighted by atomic mass is 16.5. The van der Waals surface area contributed by atoms with Gasteiger partial charge in [0.25, 0.3) is 0 Å². The van der Waals surface area contributed by atoms with E-state index in [4.69, 9.17) is 25.1 Å². The smallest absolute Gasteiger partial charge is 0.0780 e. The summed E-state index contributed by atoms with van der Waals surface area (Å²) in [5, 5.41) is 8.58. The Balaban J connectivity index is 1.69. The van der Waals surface area contributed by atoms with E-state index in [1.54, 1.807) is 0 Å². The first-order valence-electron chi connectivity index (χ1n) is 9.02. The molecule has 1 aromatic carbocycles. The summed E-state index contributed by atoms with van der Waals surface area (Å²) in [5.41, 5.74) is 9.07. The van der Waals surface area contributed by atoms with Gasteiger partial charge in [0.05, 0.1) is 52.4 Å². The fraction of sp³-hybridized carbons (Fsp3) is 0.684. The van der Waals surface area contributed by atoms with Crippen LogP contribution in [0.25, 0.3) is 0 Å². The van der Waals surface area contributed by atoms with Crippen LogP contribution in [0.15, 0.2) is 24.3 Å². The normalized spacial score (nSPS) is 19.0. The van der Waals surface area contributed by atoms with Crippen molar-refractivity contribution in [2.75, 3.05) is 57.7 Å². The predicted molar refractivity (Wildman–Crippen MR) is 98.9 cm³/mol. The Morgan fingerprint density at radius 1 is 1.04 bits per heavy atom. The molecule has 6 nitrogen and oxygen atoms in total. The highest BCUT2D eigenvalue weighted by molar-refractivity contribution is 5.59. The molecule has 1 heterocycles. The van der Waals surface area contributed by atoms with E-state index >= 15 is 0 Å². The summed E-state index contributed by atoms with van der Waals surface area (Å²) in [6.07, 6.45) is 0.939. The van der Waals surface area contributed by atoms with E-state index in [9.17, 15) is 0 Å². The Labute approximate surface area is 150 Å². The lowest BCUT2D eigenvalue weighted by atomic mass is 9.76. The van der Waals surface area contributed by atoms with Gasteiger partial charge in [-0.05, 0) is 23.5 Å². The highest BCUT2D eigenvalue weighted by Crippen LogP contribution is 2.40. The van der Waals surface area contributed by atoms with Gasteiger partial charge in [-0.15, -0.1) is 0 Å². The van der Waals surface area contributed by atoms with Crippen LogP contribution in [-0.2, 0) is 19.6 Å². The molecule has 25 heavy (non-hydrogen) atoms. The van der Waals surface area contributed by atoms with Gasteiger partial charge in [0.2, 0.25) is 0 Å². The van der Waals surface area contributed by atoms with Crippen LogP contribution in [0.1, 0.15) is 25.8 Å². The molecule has 0 aromatic heterocycles. The Bertz CT molecular complexity index is 510. The second-order valence-electron chi connectivity index (χ2n) is 6.93. The molecule has 0 spiro atoms. The zero-order valence-electron chi connectivity index (χ0n) is 15.4. The second kappa shape index (κ2) is 10.1. The van der Waals surface area contributed by atoms with E-state index in [-0.39, 0.29) is 18.2 Å². The Hall–Kier alpha value is -1.18. The number of rotatable bonds is 11. The van der Waals surface area contributed by atoms with E-state index < -0.39 is 0 Å². The first kappa shape index (κ1) is 20.1. The summed E-state index contributed by atoms with van der Waals surface area (Å²) in [6, 6.07) is 8.49. The first-order chi connectivity index (χ1) is 12.1. The Morgan fingerprint density at radius 3 is 2.32 bits per heavy atom. The number of hydrogen-bond acceptors (Lipinski definition) is 6. The number of anilines is 1. The topological polar surface area (TPSA) is 77.2 Å². The van der Waals surface area contributed by atoms with Crippen molar-refractivity contribution in [3.05, 3.63) is 29.8 Å². The number of nitrogens with zero attached hydrogens (tertiary/aromatic N) is 1. The molecule has 142 valence electrons. The molecule has 1 atom stereocenters. The standard InChI is InChI=1S/C19H32N2O4/c1-19(2)15-18(20)21(17-6-4-3-5-16(17)19)7-9-23-11-13-25-14-12-24-10-8-22/h3-6,18,22H,7-15,20H2,1-2H3. The lowest BCUT2D eigenvalue weighted by Gasteiger charge is -2.44. The molecule has 1 aliphatic heterocycles. The zero-order chi connectivity index (χ0) is 18.1. The highest BCUT2D eigenvalue weighted by Gasteiger charge is 2.35. The number of fused-ring (bicyclic) bond motifs is 1. The van der Waals surface area contributed by atoms with Crippen LogP contribution in [0.4, 0.5) is 5.69 Å². The molecule has 1 unspecified atom stereocenters. The third-order valence-corrected chi connectivity index (χ3v) is 4.52. The SMILES string of the molecule is CC1(C)CC(N)N(CCOCCOCCOCCO)c2ccccc21. The number of ether oxygens (including phenoxy) is 3. The van der Waals surface area contributed by atoms with E-state index in [1.807, 2.05) is 0 Å². The molecule has 0 amide bonds. The van der Waals surface area contributed by atoms with Crippen molar-refractivity contribution in [2.24, 2.45) is 5.73 Å². The van der Waals surface area contributed by atoms with E-state index in [2.05, 4.69) is 43.0 Å². The minimum absolute atomic E-state index is 0.00780. The zero-order valence-corrected chi connectivity index (χ0v) is 15.4. The molecule has 0 bridgehead atoms. The monoisotopic (exact) mass is 352 g/mol. The third kappa shape index (κ3) is 5.94. The van der Waals surface area contributed by atoms with Crippen molar-refractivity contribution in [3.8, 4) is 0 Å². The van der Waals surface area contributed by atoms with Crippen LogP contribution in [-0.4, -0.2) is 64.1 Å². The minimum atomic E-state index is 0.00780. The lowest BCUT2D eigenvalue weighted by molar-refractivity contribution is 0.00853. The summed E-state index contributed by atoms with van der Waals surface area (Å²) in [6.45, 7) is 8.40. The summed E-state index contributed by atoms with van der Waals surface area (Å²) in [5.74, 6) is 0. The van der Waals surface area contributed by atoms with Gasteiger partial charge in [-0.2, -0.15) is 0 Å². The third-order valence-electron chi connectivity index (χ3n) is 4.52. The van der Waals surface area contributed by atoms with Gasteiger partial charge in [-0.1, -0.05) is 32.0 Å². The molecule has 6 heteroatoms. The number of hydrogen-bond donors (Lipinski definition) is 2. The van der Waals surface area contributed by atoms with Gasteiger partial charge in [0.15, 0.2) is 0 Å². The van der Waals surface area contributed by atoms with Crippen molar-refractivity contribution in [3.63, 3.8) is 0 Å². The largest absolute Gasteiger partial charge is 0.394 e. The fourth-order valence-electron chi connectivity index (χ4n) is 3.27. The number of nitrogens with two attached hydrogens (primary N) is 1. The molecule has 0 aliphatic carbocycles. The molecule has 1 aliphatic rings. The molecule has 1 aromatic rings. The van der Waals surface area contributed by atoms with Crippen LogP contribution in [0.3, 0.4) is 0 Å². The lowest BCUT2D eigenvalue weighted by Crippen LogP contribution is -2.51. The molecule has 3 N–H and O–H groups in total. The average molecular weight is 352 g/mol. The molecule has 0 radical (unpaired) electrons. The second-order valence-corrected chi connectivity index (χ2v) is 6.93. The van der Waals surface area contributed by atoms with Gasteiger partial charge < -0.3 is 30.0 Å². The van der Waals surface area contributed by atoms with Crippen molar-refractivity contribution in [1.29, 1.82) is 0 Å². The number of aliphatic hydroxyl groups is 1. The minimum Gasteiger partial charge on any atom is -0.394 e. The number of para-hydroxylation sites is 1. The van der Waals surface area contributed by atoms with Crippen LogP contribution in [0.5, 0.6) is 0 Å². The van der Waals surface area contributed by atoms with Crippen molar-refractivity contribution >= 4 is 5.69 Å². The van der Waals surface area contributed by atoms with Crippen molar-refractivity contribution < 1.29 is 19.3 Å². The van der Waals surface area contributed by atoms with Gasteiger partial charge in [-0.3, -0.25) is 0 Å². The number of benzene rings is 1. The molecular formula is C19H32N2O4. The van der Waals surface area contributed by atoms with E-state index in [1.165, 1.54) is 11.3 Å².